The van der Waals surface area contributed by atoms with E-state index in [1.807, 2.05) is 50.2 Å². The Labute approximate surface area is 144 Å². The van der Waals surface area contributed by atoms with Crippen LogP contribution in [0.1, 0.15) is 36.9 Å². The Morgan fingerprint density at radius 3 is 2.21 bits per heavy atom. The van der Waals surface area contributed by atoms with Crippen LogP contribution < -0.4 is 4.74 Å². The third-order valence-corrected chi connectivity index (χ3v) is 6.73. The molecule has 128 valence electrons. The highest BCUT2D eigenvalue weighted by atomic mass is 32.2. The highest BCUT2D eigenvalue weighted by molar-refractivity contribution is 7.89. The molecule has 2 aromatic rings. The zero-order chi connectivity index (χ0) is 17.3. The van der Waals surface area contributed by atoms with E-state index in [1.54, 1.807) is 23.5 Å². The van der Waals surface area contributed by atoms with Gasteiger partial charge in [0.05, 0.1) is 18.0 Å². The number of sulfonamides is 1. The van der Waals surface area contributed by atoms with Crippen molar-refractivity contribution >= 4 is 10.0 Å². The molecule has 2 aromatic carbocycles. The predicted molar refractivity (Wildman–Crippen MR) is 94.6 cm³/mol. The molecule has 1 fully saturated rings. The molecule has 0 N–H and O–H groups in total. The van der Waals surface area contributed by atoms with Crippen LogP contribution in [-0.2, 0) is 10.0 Å². The lowest BCUT2D eigenvalue weighted by molar-refractivity contribution is 0.340. The number of ether oxygens (including phenoxy) is 1. The molecular formula is C19H23NO3S. The molecule has 1 aliphatic rings. The van der Waals surface area contributed by atoms with Gasteiger partial charge in [-0.25, -0.2) is 8.42 Å². The first-order valence-corrected chi connectivity index (χ1v) is 9.61. The summed E-state index contributed by atoms with van der Waals surface area (Å²) in [4.78, 5) is 0.361. The van der Waals surface area contributed by atoms with Crippen molar-refractivity contribution in [3.63, 3.8) is 0 Å². The van der Waals surface area contributed by atoms with E-state index < -0.39 is 10.0 Å². The van der Waals surface area contributed by atoms with E-state index >= 15 is 0 Å². The van der Waals surface area contributed by atoms with E-state index in [4.69, 9.17) is 4.74 Å². The smallest absolute Gasteiger partial charge is 0.243 e. The summed E-state index contributed by atoms with van der Waals surface area (Å²) in [6.45, 7) is 3.93. The van der Waals surface area contributed by atoms with Crippen molar-refractivity contribution in [1.29, 1.82) is 0 Å². The van der Waals surface area contributed by atoms with Gasteiger partial charge in [0.15, 0.2) is 0 Å². The van der Waals surface area contributed by atoms with Gasteiger partial charge in [-0.15, -0.1) is 0 Å². The number of nitrogens with zero attached hydrogens (tertiary/aromatic N) is 1. The van der Waals surface area contributed by atoms with Crippen LogP contribution in [0, 0.1) is 6.92 Å². The second-order valence-corrected chi connectivity index (χ2v) is 8.21. The predicted octanol–water partition coefficient (Wildman–Crippen LogP) is 3.92. The third kappa shape index (κ3) is 3.06. The second-order valence-electron chi connectivity index (χ2n) is 6.36. The quantitative estimate of drug-likeness (QED) is 0.844. The van der Waals surface area contributed by atoms with Crippen molar-refractivity contribution < 1.29 is 13.2 Å². The fourth-order valence-corrected chi connectivity index (χ4v) is 5.20. The van der Waals surface area contributed by atoms with Gasteiger partial charge in [0.1, 0.15) is 5.75 Å². The molecular weight excluding hydrogens is 322 g/mol. The summed E-state index contributed by atoms with van der Waals surface area (Å²) in [7, 11) is -1.89. The van der Waals surface area contributed by atoms with E-state index in [2.05, 4.69) is 0 Å². The summed E-state index contributed by atoms with van der Waals surface area (Å²) in [5.41, 5.74) is 2.06. The molecule has 0 aromatic heterocycles. The normalized spacial score (nSPS) is 21.8. The minimum absolute atomic E-state index is 0.0107. The molecule has 0 radical (unpaired) electrons. The Morgan fingerprint density at radius 1 is 1.00 bits per heavy atom. The van der Waals surface area contributed by atoms with Crippen LogP contribution in [-0.4, -0.2) is 25.9 Å². The zero-order valence-corrected chi connectivity index (χ0v) is 15.1. The molecule has 0 saturated carbocycles. The first kappa shape index (κ1) is 17.0. The van der Waals surface area contributed by atoms with Gasteiger partial charge in [0.25, 0.3) is 0 Å². The summed E-state index contributed by atoms with van der Waals surface area (Å²) in [5, 5.41) is 0. The summed E-state index contributed by atoms with van der Waals surface area (Å²) in [6.07, 6.45) is 1.69. The topological polar surface area (TPSA) is 46.6 Å². The van der Waals surface area contributed by atoms with Crippen LogP contribution in [0.5, 0.6) is 5.75 Å². The van der Waals surface area contributed by atoms with Crippen LogP contribution in [0.4, 0.5) is 0 Å². The SMILES string of the molecule is COc1ccc([C@@H]2CC[C@H](C)N2S(=O)(=O)c2ccc(C)cc2)cc1. The molecule has 0 unspecified atom stereocenters. The Kier molecular flexibility index (Phi) is 4.65. The summed E-state index contributed by atoms with van der Waals surface area (Å²) < 4.78 is 33.2. The zero-order valence-electron chi connectivity index (χ0n) is 14.3. The van der Waals surface area contributed by atoms with Gasteiger partial charge in [0, 0.05) is 6.04 Å². The molecule has 1 heterocycles. The minimum Gasteiger partial charge on any atom is -0.497 e. The Bertz CT molecular complexity index is 798. The average molecular weight is 345 g/mol. The van der Waals surface area contributed by atoms with E-state index in [9.17, 15) is 8.42 Å². The number of rotatable bonds is 4. The van der Waals surface area contributed by atoms with E-state index in [1.165, 1.54) is 0 Å². The lowest BCUT2D eigenvalue weighted by atomic mass is 10.1. The van der Waals surface area contributed by atoms with Crippen molar-refractivity contribution in [2.45, 2.75) is 43.7 Å². The van der Waals surface area contributed by atoms with E-state index in [0.717, 1.165) is 29.7 Å². The Hall–Kier alpha value is -1.85. The van der Waals surface area contributed by atoms with Crippen LogP contribution in [0.25, 0.3) is 0 Å². The summed E-state index contributed by atoms with van der Waals surface area (Å²) in [6, 6.07) is 14.6. The lowest BCUT2D eigenvalue weighted by Crippen LogP contribution is -2.35. The molecule has 0 amide bonds. The van der Waals surface area contributed by atoms with Crippen molar-refractivity contribution in [1.82, 2.24) is 4.31 Å². The Balaban J connectivity index is 1.97. The number of aryl methyl sites for hydroxylation is 1. The van der Waals surface area contributed by atoms with Gasteiger partial charge in [-0.2, -0.15) is 4.31 Å². The molecule has 5 heteroatoms. The fraction of sp³-hybridized carbons (Fsp3) is 0.368. The molecule has 0 bridgehead atoms. The molecule has 24 heavy (non-hydrogen) atoms. The molecule has 2 atom stereocenters. The summed E-state index contributed by atoms with van der Waals surface area (Å²) >= 11 is 0. The van der Waals surface area contributed by atoms with E-state index in [-0.39, 0.29) is 12.1 Å². The number of hydrogen-bond donors (Lipinski definition) is 0. The van der Waals surface area contributed by atoms with Crippen LogP contribution in [0.2, 0.25) is 0 Å². The van der Waals surface area contributed by atoms with Crippen LogP contribution >= 0.6 is 0 Å². The van der Waals surface area contributed by atoms with Crippen molar-refractivity contribution in [3.05, 3.63) is 59.7 Å². The molecule has 0 aliphatic carbocycles. The molecule has 1 saturated heterocycles. The lowest BCUT2D eigenvalue weighted by Gasteiger charge is -2.28. The molecule has 4 nitrogen and oxygen atoms in total. The number of methoxy groups -OCH3 is 1. The van der Waals surface area contributed by atoms with Crippen molar-refractivity contribution in [3.8, 4) is 5.75 Å². The maximum absolute atomic E-state index is 13.2. The van der Waals surface area contributed by atoms with Crippen LogP contribution in [0.3, 0.4) is 0 Å². The van der Waals surface area contributed by atoms with Crippen molar-refractivity contribution in [2.24, 2.45) is 0 Å². The number of hydrogen-bond acceptors (Lipinski definition) is 3. The molecule has 1 aliphatic heterocycles. The third-order valence-electron chi connectivity index (χ3n) is 4.70. The minimum atomic E-state index is -3.52. The monoisotopic (exact) mass is 345 g/mol. The standard InChI is InChI=1S/C19H23NO3S/c1-14-4-11-18(12-5-14)24(21,22)20-15(2)6-13-19(20)16-7-9-17(23-3)10-8-16/h4-5,7-12,15,19H,6,13H2,1-3H3/t15-,19-/m0/s1. The van der Waals surface area contributed by atoms with Gasteiger partial charge >= 0.3 is 0 Å². The maximum Gasteiger partial charge on any atom is 0.243 e. The first-order chi connectivity index (χ1) is 11.4. The summed E-state index contributed by atoms with van der Waals surface area (Å²) in [5.74, 6) is 0.776. The highest BCUT2D eigenvalue weighted by Gasteiger charge is 2.40. The van der Waals surface area contributed by atoms with Gasteiger partial charge in [-0.3, -0.25) is 0 Å². The average Bonchev–Trinajstić information content (AvgIpc) is 2.98. The van der Waals surface area contributed by atoms with Gasteiger partial charge in [0.2, 0.25) is 10.0 Å². The second kappa shape index (κ2) is 6.57. The Morgan fingerprint density at radius 2 is 1.62 bits per heavy atom. The largest absolute Gasteiger partial charge is 0.497 e. The van der Waals surface area contributed by atoms with Crippen molar-refractivity contribution in [2.75, 3.05) is 7.11 Å². The van der Waals surface area contributed by atoms with E-state index in [0.29, 0.717) is 4.90 Å². The van der Waals surface area contributed by atoms with Gasteiger partial charge in [-0.1, -0.05) is 29.8 Å². The van der Waals surface area contributed by atoms with Crippen LogP contribution in [0.15, 0.2) is 53.4 Å². The number of benzene rings is 2. The maximum atomic E-state index is 13.2. The van der Waals surface area contributed by atoms with Gasteiger partial charge < -0.3 is 4.74 Å². The fourth-order valence-electron chi connectivity index (χ4n) is 3.34. The van der Waals surface area contributed by atoms with Gasteiger partial charge in [-0.05, 0) is 56.5 Å². The molecule has 3 rings (SSSR count). The molecule has 0 spiro atoms. The first-order valence-electron chi connectivity index (χ1n) is 8.17. The highest BCUT2D eigenvalue weighted by Crippen LogP contribution is 2.40.